The highest BCUT2D eigenvalue weighted by Gasteiger charge is 2.25. The van der Waals surface area contributed by atoms with Gasteiger partial charge in [-0.15, -0.1) is 0 Å². The number of rotatable bonds is 6. The van der Waals surface area contributed by atoms with Crippen molar-refractivity contribution in [3.05, 3.63) is 35.6 Å². The van der Waals surface area contributed by atoms with E-state index in [2.05, 4.69) is 9.62 Å². The number of halogens is 1. The zero-order valence-corrected chi connectivity index (χ0v) is 13.6. The zero-order valence-electron chi connectivity index (χ0n) is 12.8. The van der Waals surface area contributed by atoms with E-state index in [9.17, 15) is 12.8 Å². The van der Waals surface area contributed by atoms with E-state index in [1.807, 2.05) is 0 Å². The normalized spacial score (nSPS) is 18.5. The van der Waals surface area contributed by atoms with E-state index in [0.717, 1.165) is 9.87 Å². The first-order valence-corrected chi connectivity index (χ1v) is 8.58. The molecular weight excluding hydrogens is 309 g/mol. The Hall–Kier alpha value is -1.06. The lowest BCUT2D eigenvalue weighted by Gasteiger charge is -2.35. The van der Waals surface area contributed by atoms with Crippen LogP contribution in [-0.4, -0.2) is 64.6 Å². The van der Waals surface area contributed by atoms with Crippen LogP contribution in [0.15, 0.2) is 24.3 Å². The molecule has 2 rings (SSSR count). The van der Waals surface area contributed by atoms with Crippen LogP contribution >= 0.6 is 0 Å². The minimum Gasteiger partial charge on any atom is -0.379 e. The first-order chi connectivity index (χ1) is 10.4. The fourth-order valence-electron chi connectivity index (χ4n) is 2.35. The Balaban J connectivity index is 2.16. The molecule has 8 heteroatoms. The minimum absolute atomic E-state index is 0.153. The number of nitrogens with zero attached hydrogens (tertiary/aromatic N) is 2. The van der Waals surface area contributed by atoms with Crippen LogP contribution in [0.2, 0.25) is 0 Å². The quantitative estimate of drug-likeness (QED) is 0.829. The van der Waals surface area contributed by atoms with Crippen molar-refractivity contribution in [1.82, 2.24) is 13.9 Å². The van der Waals surface area contributed by atoms with Crippen molar-refractivity contribution in [1.29, 1.82) is 0 Å². The van der Waals surface area contributed by atoms with Crippen molar-refractivity contribution in [2.24, 2.45) is 0 Å². The monoisotopic (exact) mass is 331 g/mol. The van der Waals surface area contributed by atoms with Crippen LogP contribution in [0.4, 0.5) is 4.39 Å². The molecule has 1 aromatic rings. The van der Waals surface area contributed by atoms with Crippen molar-refractivity contribution >= 4 is 10.2 Å². The van der Waals surface area contributed by atoms with Gasteiger partial charge in [0.25, 0.3) is 10.2 Å². The van der Waals surface area contributed by atoms with Gasteiger partial charge in [0.1, 0.15) is 5.82 Å². The Kier molecular flexibility index (Phi) is 5.87. The van der Waals surface area contributed by atoms with Crippen LogP contribution in [0.3, 0.4) is 0 Å². The van der Waals surface area contributed by atoms with Crippen molar-refractivity contribution in [2.75, 3.05) is 46.9 Å². The number of nitrogens with one attached hydrogen (secondary N) is 1. The molecular formula is C14H22FN3O3S. The van der Waals surface area contributed by atoms with Gasteiger partial charge < -0.3 is 4.74 Å². The number of ether oxygens (including phenoxy) is 1. The highest BCUT2D eigenvalue weighted by Crippen LogP contribution is 2.22. The molecule has 22 heavy (non-hydrogen) atoms. The van der Waals surface area contributed by atoms with Gasteiger partial charge in [0.05, 0.1) is 13.2 Å². The van der Waals surface area contributed by atoms with Gasteiger partial charge >= 0.3 is 0 Å². The molecule has 1 heterocycles. The van der Waals surface area contributed by atoms with Crippen molar-refractivity contribution in [2.45, 2.75) is 6.04 Å². The van der Waals surface area contributed by atoms with Crippen molar-refractivity contribution in [3.8, 4) is 0 Å². The molecule has 124 valence electrons. The number of morpholine rings is 1. The lowest BCUT2D eigenvalue weighted by Crippen LogP contribution is -2.45. The third-order valence-corrected chi connectivity index (χ3v) is 5.17. The Morgan fingerprint density at radius 2 is 1.86 bits per heavy atom. The van der Waals surface area contributed by atoms with Crippen LogP contribution < -0.4 is 4.72 Å². The van der Waals surface area contributed by atoms with Gasteiger partial charge in [-0.05, 0) is 17.7 Å². The summed E-state index contributed by atoms with van der Waals surface area (Å²) in [5.74, 6) is -0.307. The summed E-state index contributed by atoms with van der Waals surface area (Å²) in [6, 6.07) is 6.02. The third-order valence-electron chi connectivity index (χ3n) is 3.68. The highest BCUT2D eigenvalue weighted by atomic mass is 32.2. The maximum Gasteiger partial charge on any atom is 0.278 e. The smallest absolute Gasteiger partial charge is 0.278 e. The largest absolute Gasteiger partial charge is 0.379 e. The van der Waals surface area contributed by atoms with E-state index in [1.54, 1.807) is 12.1 Å². The summed E-state index contributed by atoms with van der Waals surface area (Å²) in [6.07, 6.45) is 0. The standard InChI is InChI=1S/C14H22FN3O3S/c1-17(2)22(19,20)16-11-14(18-7-9-21-10-8-18)12-3-5-13(15)6-4-12/h3-6,14,16H,7-11H2,1-2H3. The zero-order chi connectivity index (χ0) is 16.2. The van der Waals surface area contributed by atoms with Gasteiger partial charge in [-0.25, -0.2) is 9.11 Å². The van der Waals surface area contributed by atoms with Gasteiger partial charge in [0.15, 0.2) is 0 Å². The summed E-state index contributed by atoms with van der Waals surface area (Å²) in [5.41, 5.74) is 0.879. The predicted molar refractivity (Wildman–Crippen MR) is 82.1 cm³/mol. The van der Waals surface area contributed by atoms with E-state index in [4.69, 9.17) is 4.74 Å². The van der Waals surface area contributed by atoms with Gasteiger partial charge in [0, 0.05) is 39.8 Å². The molecule has 0 saturated carbocycles. The molecule has 6 nitrogen and oxygen atoms in total. The van der Waals surface area contributed by atoms with E-state index in [1.165, 1.54) is 26.2 Å². The second-order valence-corrected chi connectivity index (χ2v) is 7.32. The van der Waals surface area contributed by atoms with E-state index in [0.29, 0.717) is 26.3 Å². The minimum atomic E-state index is -3.50. The number of hydrogen-bond acceptors (Lipinski definition) is 4. The molecule has 1 atom stereocenters. The van der Waals surface area contributed by atoms with E-state index < -0.39 is 10.2 Å². The molecule has 1 fully saturated rings. The predicted octanol–water partition coefficient (Wildman–Crippen LogP) is 0.595. The van der Waals surface area contributed by atoms with E-state index in [-0.39, 0.29) is 18.4 Å². The second kappa shape index (κ2) is 7.47. The first-order valence-electron chi connectivity index (χ1n) is 7.14. The Bertz CT molecular complexity index is 572. The van der Waals surface area contributed by atoms with Crippen molar-refractivity contribution in [3.63, 3.8) is 0 Å². The number of hydrogen-bond donors (Lipinski definition) is 1. The highest BCUT2D eigenvalue weighted by molar-refractivity contribution is 7.87. The molecule has 0 aromatic heterocycles. The van der Waals surface area contributed by atoms with Gasteiger partial charge in [-0.3, -0.25) is 4.90 Å². The molecule has 1 aliphatic heterocycles. The summed E-state index contributed by atoms with van der Waals surface area (Å²) in [5, 5.41) is 0. The summed E-state index contributed by atoms with van der Waals surface area (Å²) in [6.45, 7) is 2.87. The lowest BCUT2D eigenvalue weighted by molar-refractivity contribution is 0.0171. The summed E-state index contributed by atoms with van der Waals surface area (Å²) in [4.78, 5) is 2.15. The van der Waals surface area contributed by atoms with Crippen LogP contribution in [0, 0.1) is 5.82 Å². The van der Waals surface area contributed by atoms with Crippen LogP contribution in [-0.2, 0) is 14.9 Å². The lowest BCUT2D eigenvalue weighted by atomic mass is 10.0. The molecule has 1 unspecified atom stereocenters. The molecule has 1 saturated heterocycles. The van der Waals surface area contributed by atoms with Crippen LogP contribution in [0.25, 0.3) is 0 Å². The third kappa shape index (κ3) is 4.47. The summed E-state index contributed by atoms with van der Waals surface area (Å²) >= 11 is 0. The molecule has 0 bridgehead atoms. The maximum atomic E-state index is 13.1. The SMILES string of the molecule is CN(C)S(=O)(=O)NCC(c1ccc(F)cc1)N1CCOCC1. The molecule has 0 aliphatic carbocycles. The Labute approximate surface area is 131 Å². The summed E-state index contributed by atoms with van der Waals surface area (Å²) in [7, 11) is -0.544. The van der Waals surface area contributed by atoms with Crippen LogP contribution in [0.1, 0.15) is 11.6 Å². The van der Waals surface area contributed by atoms with Gasteiger partial charge in [0.2, 0.25) is 0 Å². The Morgan fingerprint density at radius 3 is 2.41 bits per heavy atom. The van der Waals surface area contributed by atoms with Gasteiger partial charge in [-0.1, -0.05) is 12.1 Å². The topological polar surface area (TPSA) is 61.9 Å². The molecule has 1 aromatic carbocycles. The molecule has 1 aliphatic rings. The molecule has 0 spiro atoms. The fraction of sp³-hybridized carbons (Fsp3) is 0.571. The maximum absolute atomic E-state index is 13.1. The summed E-state index contributed by atoms with van der Waals surface area (Å²) < 4.78 is 46.0. The van der Waals surface area contributed by atoms with E-state index >= 15 is 0 Å². The van der Waals surface area contributed by atoms with Gasteiger partial charge in [-0.2, -0.15) is 12.7 Å². The Morgan fingerprint density at radius 1 is 1.27 bits per heavy atom. The average Bonchev–Trinajstić information content (AvgIpc) is 2.50. The van der Waals surface area contributed by atoms with Crippen LogP contribution in [0.5, 0.6) is 0 Å². The first kappa shape index (κ1) is 17.3. The fourth-order valence-corrected chi connectivity index (χ4v) is 2.97. The second-order valence-electron chi connectivity index (χ2n) is 5.35. The number of benzene rings is 1. The average molecular weight is 331 g/mol. The van der Waals surface area contributed by atoms with Crippen molar-refractivity contribution < 1.29 is 17.5 Å². The molecule has 0 radical (unpaired) electrons. The molecule has 1 N–H and O–H groups in total. The molecule has 0 amide bonds.